The molecule has 0 atom stereocenters. The molecule has 0 aromatic heterocycles. The Balaban J connectivity index is 2.23. The van der Waals surface area contributed by atoms with Crippen LogP contribution in [0, 0.1) is 5.82 Å². The summed E-state index contributed by atoms with van der Waals surface area (Å²) in [5.41, 5.74) is 1.06. The lowest BCUT2D eigenvalue weighted by Gasteiger charge is -2.14. The summed E-state index contributed by atoms with van der Waals surface area (Å²) < 4.78 is 12.5. The van der Waals surface area contributed by atoms with E-state index in [2.05, 4.69) is 11.0 Å². The van der Waals surface area contributed by atoms with Gasteiger partial charge in [-0.1, -0.05) is 6.08 Å². The highest BCUT2D eigenvalue weighted by Gasteiger charge is 2.05. The zero-order valence-corrected chi connectivity index (χ0v) is 6.70. The Hall–Kier alpha value is -1.31. The summed E-state index contributed by atoms with van der Waals surface area (Å²) in [7, 11) is 0. The molecule has 1 nitrogen and oxygen atoms in total. The molecule has 0 bridgehead atoms. The molecule has 0 unspecified atom stereocenters. The highest BCUT2D eigenvalue weighted by atomic mass is 19.1. The molecule has 62 valence electrons. The van der Waals surface area contributed by atoms with Gasteiger partial charge in [0.2, 0.25) is 0 Å². The minimum atomic E-state index is -0.179. The summed E-state index contributed by atoms with van der Waals surface area (Å²) in [6, 6.07) is 6.57. The van der Waals surface area contributed by atoms with Crippen LogP contribution >= 0.6 is 0 Å². The molecule has 1 aromatic rings. The molecule has 2 heteroatoms. The number of anilines is 1. The van der Waals surface area contributed by atoms with Crippen molar-refractivity contribution in [3.05, 3.63) is 42.4 Å². The number of nitrogens with zero attached hydrogens (tertiary/aromatic N) is 1. The van der Waals surface area contributed by atoms with Crippen LogP contribution in [0.3, 0.4) is 0 Å². The van der Waals surface area contributed by atoms with Gasteiger partial charge in [0.25, 0.3) is 0 Å². The lowest BCUT2D eigenvalue weighted by Crippen LogP contribution is -2.11. The number of benzene rings is 1. The Morgan fingerprint density at radius 3 is 2.50 bits per heavy atom. The van der Waals surface area contributed by atoms with Crippen molar-refractivity contribution in [3.63, 3.8) is 0 Å². The average molecular weight is 163 g/mol. The van der Waals surface area contributed by atoms with Crippen molar-refractivity contribution in [2.24, 2.45) is 0 Å². The first kappa shape index (κ1) is 7.35. The van der Waals surface area contributed by atoms with Gasteiger partial charge in [-0.25, -0.2) is 4.39 Å². The molecule has 0 saturated carbocycles. The monoisotopic (exact) mass is 163 g/mol. The van der Waals surface area contributed by atoms with Gasteiger partial charge in [0.05, 0.1) is 0 Å². The average Bonchev–Trinajstić information content (AvgIpc) is 2.58. The smallest absolute Gasteiger partial charge is 0.123 e. The van der Waals surface area contributed by atoms with Crippen LogP contribution in [0.4, 0.5) is 10.1 Å². The number of halogens is 1. The van der Waals surface area contributed by atoms with E-state index in [0.29, 0.717) is 0 Å². The maximum atomic E-state index is 12.5. The molecule has 0 N–H and O–H groups in total. The van der Waals surface area contributed by atoms with Crippen molar-refractivity contribution in [2.75, 3.05) is 11.4 Å². The Labute approximate surface area is 71.1 Å². The fraction of sp³-hybridized carbons (Fsp3) is 0.200. The van der Waals surface area contributed by atoms with E-state index in [1.807, 2.05) is 6.20 Å². The molecule has 0 spiro atoms. The van der Waals surface area contributed by atoms with Gasteiger partial charge in [-0.15, -0.1) is 0 Å². The van der Waals surface area contributed by atoms with Gasteiger partial charge < -0.3 is 4.90 Å². The molecule has 0 aliphatic carbocycles. The van der Waals surface area contributed by atoms with Gasteiger partial charge in [-0.2, -0.15) is 0 Å². The van der Waals surface area contributed by atoms with Crippen molar-refractivity contribution in [1.82, 2.24) is 0 Å². The third-order valence-electron chi connectivity index (χ3n) is 1.98. The van der Waals surface area contributed by atoms with Gasteiger partial charge in [-0.05, 0) is 30.7 Å². The fourth-order valence-electron chi connectivity index (χ4n) is 1.34. The van der Waals surface area contributed by atoms with Gasteiger partial charge in [0.1, 0.15) is 5.82 Å². The first-order chi connectivity index (χ1) is 5.86. The summed E-state index contributed by atoms with van der Waals surface area (Å²) >= 11 is 0. The van der Waals surface area contributed by atoms with E-state index < -0.39 is 0 Å². The zero-order valence-electron chi connectivity index (χ0n) is 6.70. The van der Waals surface area contributed by atoms with E-state index in [0.717, 1.165) is 18.7 Å². The van der Waals surface area contributed by atoms with Crippen LogP contribution < -0.4 is 4.90 Å². The highest BCUT2D eigenvalue weighted by Crippen LogP contribution is 2.18. The standard InChI is InChI=1S/C10H10FN/c11-9-3-5-10(6-4-9)12-7-1-2-8-12/h1,3-7H,2,8H2. The van der Waals surface area contributed by atoms with Crippen molar-refractivity contribution >= 4 is 5.69 Å². The lowest BCUT2D eigenvalue weighted by atomic mass is 10.3. The first-order valence-corrected chi connectivity index (χ1v) is 4.05. The third-order valence-corrected chi connectivity index (χ3v) is 1.98. The van der Waals surface area contributed by atoms with Crippen LogP contribution in [-0.4, -0.2) is 6.54 Å². The second-order valence-corrected chi connectivity index (χ2v) is 2.84. The minimum absolute atomic E-state index is 0.179. The summed E-state index contributed by atoms with van der Waals surface area (Å²) in [6.07, 6.45) is 5.23. The second kappa shape index (κ2) is 2.97. The van der Waals surface area contributed by atoms with E-state index in [-0.39, 0.29) is 5.82 Å². The van der Waals surface area contributed by atoms with E-state index in [4.69, 9.17) is 0 Å². The summed E-state index contributed by atoms with van der Waals surface area (Å²) in [6.45, 7) is 1.01. The SMILES string of the molecule is Fc1ccc(N2C=CCC2)cc1. The summed E-state index contributed by atoms with van der Waals surface area (Å²) in [5.74, 6) is -0.179. The quantitative estimate of drug-likeness (QED) is 0.615. The first-order valence-electron chi connectivity index (χ1n) is 4.05. The van der Waals surface area contributed by atoms with E-state index in [9.17, 15) is 4.39 Å². The van der Waals surface area contributed by atoms with Crippen LogP contribution in [0.25, 0.3) is 0 Å². The second-order valence-electron chi connectivity index (χ2n) is 2.84. The van der Waals surface area contributed by atoms with Crippen LogP contribution in [0.5, 0.6) is 0 Å². The molecule has 1 aromatic carbocycles. The number of rotatable bonds is 1. The molecule has 0 saturated heterocycles. The number of hydrogen-bond acceptors (Lipinski definition) is 1. The Morgan fingerprint density at radius 2 is 1.92 bits per heavy atom. The van der Waals surface area contributed by atoms with E-state index >= 15 is 0 Å². The molecule has 12 heavy (non-hydrogen) atoms. The van der Waals surface area contributed by atoms with Crippen molar-refractivity contribution in [1.29, 1.82) is 0 Å². The third kappa shape index (κ3) is 1.33. The molecular formula is C10H10FN. The molecule has 1 aliphatic rings. The van der Waals surface area contributed by atoms with Gasteiger partial charge in [0, 0.05) is 18.4 Å². The summed E-state index contributed by atoms with van der Waals surface area (Å²) in [5, 5.41) is 0. The Morgan fingerprint density at radius 1 is 1.17 bits per heavy atom. The van der Waals surface area contributed by atoms with Crippen LogP contribution in [0.15, 0.2) is 36.5 Å². The molecule has 2 rings (SSSR count). The van der Waals surface area contributed by atoms with Gasteiger partial charge in [0.15, 0.2) is 0 Å². The predicted molar refractivity (Wildman–Crippen MR) is 47.5 cm³/mol. The van der Waals surface area contributed by atoms with Crippen molar-refractivity contribution < 1.29 is 4.39 Å². The molecule has 0 fully saturated rings. The van der Waals surface area contributed by atoms with E-state index in [1.165, 1.54) is 12.1 Å². The highest BCUT2D eigenvalue weighted by molar-refractivity contribution is 5.50. The minimum Gasteiger partial charge on any atom is -0.348 e. The molecule has 0 radical (unpaired) electrons. The topological polar surface area (TPSA) is 3.24 Å². The lowest BCUT2D eigenvalue weighted by molar-refractivity contribution is 0.628. The molecule has 1 heterocycles. The maximum Gasteiger partial charge on any atom is 0.123 e. The number of hydrogen-bond donors (Lipinski definition) is 0. The van der Waals surface area contributed by atoms with Gasteiger partial charge in [-0.3, -0.25) is 0 Å². The van der Waals surface area contributed by atoms with Gasteiger partial charge >= 0.3 is 0 Å². The van der Waals surface area contributed by atoms with Crippen LogP contribution in [0.1, 0.15) is 6.42 Å². The molecule has 1 aliphatic heterocycles. The Bertz CT molecular complexity index is 289. The Kier molecular flexibility index (Phi) is 1.82. The fourth-order valence-corrected chi connectivity index (χ4v) is 1.34. The predicted octanol–water partition coefficient (Wildman–Crippen LogP) is 2.55. The molecule has 0 amide bonds. The maximum absolute atomic E-state index is 12.5. The largest absolute Gasteiger partial charge is 0.348 e. The van der Waals surface area contributed by atoms with Crippen molar-refractivity contribution in [2.45, 2.75) is 6.42 Å². The van der Waals surface area contributed by atoms with Crippen LogP contribution in [-0.2, 0) is 0 Å². The normalized spacial score (nSPS) is 15.6. The van der Waals surface area contributed by atoms with Crippen molar-refractivity contribution in [3.8, 4) is 0 Å². The van der Waals surface area contributed by atoms with Crippen LogP contribution in [0.2, 0.25) is 0 Å². The van der Waals surface area contributed by atoms with E-state index in [1.54, 1.807) is 12.1 Å². The molecular weight excluding hydrogens is 153 g/mol. The zero-order chi connectivity index (χ0) is 8.39. The summed E-state index contributed by atoms with van der Waals surface area (Å²) in [4.78, 5) is 2.11.